The number of nitrogens with two attached hydrogens (primary N) is 1. The average Bonchev–Trinajstić information content (AvgIpc) is 2.50. The molecule has 1 aliphatic rings. The zero-order chi connectivity index (χ0) is 14.8. The predicted molar refractivity (Wildman–Crippen MR) is 80.4 cm³/mol. The summed E-state index contributed by atoms with van der Waals surface area (Å²) in [6.07, 6.45) is 2.95. The molecule has 1 unspecified atom stereocenters. The molecule has 0 bridgehead atoms. The molecule has 0 aliphatic heterocycles. The Morgan fingerprint density at radius 3 is 2.86 bits per heavy atom. The minimum Gasteiger partial charge on any atom is -0.396 e. The molecule has 3 rings (SSSR count). The maximum atomic E-state index is 13.5. The molecule has 1 atom stereocenters. The van der Waals surface area contributed by atoms with Crippen molar-refractivity contribution in [2.24, 2.45) is 0 Å². The molecule has 4 heteroatoms. The normalized spacial score (nSPS) is 17.1. The molecule has 0 saturated heterocycles. The molecular formula is C17H17FN2O. The van der Waals surface area contributed by atoms with E-state index in [1.807, 2.05) is 18.2 Å². The second kappa shape index (κ2) is 5.56. The van der Waals surface area contributed by atoms with Crippen molar-refractivity contribution in [3.63, 3.8) is 0 Å². The zero-order valence-corrected chi connectivity index (χ0v) is 11.6. The fourth-order valence-corrected chi connectivity index (χ4v) is 2.87. The van der Waals surface area contributed by atoms with Crippen LogP contribution in [0.3, 0.4) is 0 Å². The number of aryl methyl sites for hydroxylation is 1. The van der Waals surface area contributed by atoms with Crippen LogP contribution in [0, 0.1) is 5.82 Å². The summed E-state index contributed by atoms with van der Waals surface area (Å²) in [5, 5.41) is 2.97. The molecule has 0 radical (unpaired) electrons. The van der Waals surface area contributed by atoms with Crippen LogP contribution in [0.1, 0.15) is 40.4 Å². The van der Waals surface area contributed by atoms with Crippen molar-refractivity contribution in [1.29, 1.82) is 0 Å². The Balaban J connectivity index is 1.85. The number of amides is 1. The van der Waals surface area contributed by atoms with E-state index in [1.54, 1.807) is 6.07 Å². The fraction of sp³-hybridized carbons (Fsp3) is 0.235. The summed E-state index contributed by atoms with van der Waals surface area (Å²) in [5.41, 5.74) is 8.15. The Hall–Kier alpha value is -2.36. The van der Waals surface area contributed by atoms with Gasteiger partial charge in [-0.2, -0.15) is 0 Å². The highest BCUT2D eigenvalue weighted by Gasteiger charge is 2.23. The first-order valence-corrected chi connectivity index (χ1v) is 7.09. The molecule has 0 heterocycles. The van der Waals surface area contributed by atoms with Gasteiger partial charge in [0.05, 0.1) is 17.3 Å². The number of nitrogen functional groups attached to an aromatic ring is 1. The second-order valence-electron chi connectivity index (χ2n) is 5.32. The topological polar surface area (TPSA) is 55.1 Å². The van der Waals surface area contributed by atoms with E-state index in [4.69, 9.17) is 5.73 Å². The average molecular weight is 284 g/mol. The van der Waals surface area contributed by atoms with Crippen molar-refractivity contribution in [1.82, 2.24) is 5.32 Å². The van der Waals surface area contributed by atoms with E-state index in [2.05, 4.69) is 11.4 Å². The van der Waals surface area contributed by atoms with Gasteiger partial charge < -0.3 is 11.1 Å². The summed E-state index contributed by atoms with van der Waals surface area (Å²) in [7, 11) is 0. The van der Waals surface area contributed by atoms with E-state index in [0.717, 1.165) is 24.8 Å². The van der Waals surface area contributed by atoms with E-state index >= 15 is 0 Å². The quantitative estimate of drug-likeness (QED) is 0.832. The zero-order valence-electron chi connectivity index (χ0n) is 11.6. The molecule has 3 N–H and O–H groups in total. The largest absolute Gasteiger partial charge is 0.396 e. The van der Waals surface area contributed by atoms with E-state index in [-0.39, 0.29) is 23.2 Å². The molecule has 21 heavy (non-hydrogen) atoms. The molecule has 1 aliphatic carbocycles. The molecule has 2 aromatic carbocycles. The lowest BCUT2D eigenvalue weighted by Gasteiger charge is -2.26. The van der Waals surface area contributed by atoms with Gasteiger partial charge in [0.2, 0.25) is 0 Å². The van der Waals surface area contributed by atoms with Gasteiger partial charge in [0, 0.05) is 0 Å². The highest BCUT2D eigenvalue weighted by atomic mass is 19.1. The Morgan fingerprint density at radius 1 is 1.19 bits per heavy atom. The SMILES string of the molecule is Nc1c(F)cccc1C(=O)NC1CCCc2ccccc21. The van der Waals surface area contributed by atoms with Crippen LogP contribution >= 0.6 is 0 Å². The number of fused-ring (bicyclic) bond motifs is 1. The summed E-state index contributed by atoms with van der Waals surface area (Å²) in [6, 6.07) is 12.4. The molecule has 0 fully saturated rings. The highest BCUT2D eigenvalue weighted by molar-refractivity contribution is 5.99. The maximum absolute atomic E-state index is 13.5. The van der Waals surface area contributed by atoms with Gasteiger partial charge in [-0.25, -0.2) is 4.39 Å². The maximum Gasteiger partial charge on any atom is 0.253 e. The van der Waals surface area contributed by atoms with Gasteiger partial charge in [-0.05, 0) is 42.5 Å². The number of hydrogen-bond acceptors (Lipinski definition) is 2. The lowest BCUT2D eigenvalue weighted by atomic mass is 9.87. The van der Waals surface area contributed by atoms with Crippen molar-refractivity contribution >= 4 is 11.6 Å². The van der Waals surface area contributed by atoms with Gasteiger partial charge in [0.15, 0.2) is 0 Å². The minimum atomic E-state index is -0.563. The highest BCUT2D eigenvalue weighted by Crippen LogP contribution is 2.30. The number of halogens is 1. The first-order chi connectivity index (χ1) is 10.2. The number of anilines is 1. The Bertz CT molecular complexity index is 684. The number of nitrogens with one attached hydrogen (secondary N) is 1. The molecule has 2 aromatic rings. The number of carbonyl (C=O) groups excluding carboxylic acids is 1. The van der Waals surface area contributed by atoms with Crippen LogP contribution in [0.15, 0.2) is 42.5 Å². The van der Waals surface area contributed by atoms with Gasteiger partial charge in [-0.15, -0.1) is 0 Å². The molecule has 3 nitrogen and oxygen atoms in total. The van der Waals surface area contributed by atoms with Crippen molar-refractivity contribution in [3.05, 3.63) is 65.0 Å². The fourth-order valence-electron chi connectivity index (χ4n) is 2.87. The van der Waals surface area contributed by atoms with Gasteiger partial charge >= 0.3 is 0 Å². The van der Waals surface area contributed by atoms with Crippen LogP contribution in [0.4, 0.5) is 10.1 Å². The van der Waals surface area contributed by atoms with Gasteiger partial charge in [0.25, 0.3) is 5.91 Å². The Labute approximate surface area is 123 Å². The number of benzene rings is 2. The van der Waals surface area contributed by atoms with Crippen LogP contribution in [0.25, 0.3) is 0 Å². The van der Waals surface area contributed by atoms with Crippen LogP contribution in [-0.4, -0.2) is 5.91 Å². The van der Waals surface area contributed by atoms with Crippen molar-refractivity contribution in [3.8, 4) is 0 Å². The van der Waals surface area contributed by atoms with Crippen LogP contribution in [0.5, 0.6) is 0 Å². The molecular weight excluding hydrogens is 267 g/mol. The van der Waals surface area contributed by atoms with E-state index < -0.39 is 5.82 Å². The van der Waals surface area contributed by atoms with Gasteiger partial charge in [-0.1, -0.05) is 30.3 Å². The third-order valence-electron chi connectivity index (χ3n) is 3.97. The monoisotopic (exact) mass is 284 g/mol. The van der Waals surface area contributed by atoms with E-state index in [0.29, 0.717) is 0 Å². The third-order valence-corrected chi connectivity index (χ3v) is 3.97. The van der Waals surface area contributed by atoms with Crippen molar-refractivity contribution < 1.29 is 9.18 Å². The van der Waals surface area contributed by atoms with E-state index in [1.165, 1.54) is 17.7 Å². The summed E-state index contributed by atoms with van der Waals surface area (Å²) < 4.78 is 13.5. The third kappa shape index (κ3) is 2.61. The van der Waals surface area contributed by atoms with Crippen molar-refractivity contribution in [2.45, 2.75) is 25.3 Å². The molecule has 1 amide bonds. The number of para-hydroxylation sites is 1. The first-order valence-electron chi connectivity index (χ1n) is 7.09. The summed E-state index contributed by atoms with van der Waals surface area (Å²) in [6.45, 7) is 0. The van der Waals surface area contributed by atoms with Crippen LogP contribution < -0.4 is 11.1 Å². The molecule has 0 saturated carbocycles. The first kappa shape index (κ1) is 13.6. The van der Waals surface area contributed by atoms with Gasteiger partial charge in [-0.3, -0.25) is 4.79 Å². The summed E-state index contributed by atoms with van der Waals surface area (Å²) in [5.74, 6) is -0.889. The predicted octanol–water partition coefficient (Wildman–Crippen LogP) is 3.22. The number of hydrogen-bond donors (Lipinski definition) is 2. The van der Waals surface area contributed by atoms with Crippen LogP contribution in [0.2, 0.25) is 0 Å². The standard InChI is InChI=1S/C17H17FN2O/c18-14-9-4-8-13(16(14)19)17(21)20-15-10-3-6-11-5-1-2-7-12(11)15/h1-2,4-5,7-9,15H,3,6,10,19H2,(H,20,21). The second-order valence-corrected chi connectivity index (χ2v) is 5.32. The van der Waals surface area contributed by atoms with E-state index in [9.17, 15) is 9.18 Å². The minimum absolute atomic E-state index is 0.0369. The smallest absolute Gasteiger partial charge is 0.253 e. The summed E-state index contributed by atoms with van der Waals surface area (Å²) >= 11 is 0. The molecule has 108 valence electrons. The lowest BCUT2D eigenvalue weighted by molar-refractivity contribution is 0.0933. The Morgan fingerprint density at radius 2 is 2.00 bits per heavy atom. The van der Waals surface area contributed by atoms with Gasteiger partial charge in [0.1, 0.15) is 5.82 Å². The molecule has 0 aromatic heterocycles. The lowest BCUT2D eigenvalue weighted by Crippen LogP contribution is -2.31. The molecule has 0 spiro atoms. The Kier molecular flexibility index (Phi) is 3.60. The summed E-state index contributed by atoms with van der Waals surface area (Å²) in [4.78, 5) is 12.3. The number of carbonyl (C=O) groups is 1. The van der Waals surface area contributed by atoms with Crippen molar-refractivity contribution in [2.75, 3.05) is 5.73 Å². The number of rotatable bonds is 2. The van der Waals surface area contributed by atoms with Crippen LogP contribution in [-0.2, 0) is 6.42 Å².